The van der Waals surface area contributed by atoms with E-state index in [-0.39, 0.29) is 5.60 Å². The molecule has 0 radical (unpaired) electrons. The van der Waals surface area contributed by atoms with Crippen LogP contribution in [0.15, 0.2) is 0 Å². The Kier molecular flexibility index (Phi) is 1.69. The first-order valence-electron chi connectivity index (χ1n) is 11.1. The van der Waals surface area contributed by atoms with Crippen molar-refractivity contribution in [3.05, 3.63) is 0 Å². The third-order valence-corrected chi connectivity index (χ3v) is 12.3. The second-order valence-corrected chi connectivity index (χ2v) is 13.0. The van der Waals surface area contributed by atoms with Crippen molar-refractivity contribution in [3.63, 3.8) is 0 Å². The van der Waals surface area contributed by atoms with Gasteiger partial charge in [-0.3, -0.25) is 0 Å². The Bertz CT molecular complexity index is 711. The van der Waals surface area contributed by atoms with E-state index in [2.05, 4.69) is 13.8 Å². The van der Waals surface area contributed by atoms with Gasteiger partial charge in [0, 0.05) is 0 Å². The van der Waals surface area contributed by atoms with Crippen LogP contribution in [0.4, 0.5) is 0 Å². The summed E-state index contributed by atoms with van der Waals surface area (Å²) in [6, 6.07) is 0. The van der Waals surface area contributed by atoms with Gasteiger partial charge in [-0.05, 0) is 121 Å². The molecule has 8 rings (SSSR count). The molecule has 0 saturated heterocycles. The molecule has 8 aliphatic carbocycles. The van der Waals surface area contributed by atoms with Crippen LogP contribution in [0.3, 0.4) is 0 Å². The number of rotatable bonds is 2. The van der Waals surface area contributed by atoms with Crippen LogP contribution in [0.5, 0.6) is 0 Å². The molecule has 11 atom stereocenters. The summed E-state index contributed by atoms with van der Waals surface area (Å²) in [6.07, 6.45) is 13.1. The Labute approximate surface area is 146 Å². The van der Waals surface area contributed by atoms with Crippen molar-refractivity contribution in [1.82, 2.24) is 0 Å². The van der Waals surface area contributed by atoms with E-state index in [1.165, 1.54) is 38.5 Å². The zero-order valence-corrected chi connectivity index (χ0v) is 15.4. The van der Waals surface area contributed by atoms with E-state index in [1.807, 2.05) is 0 Å². The first-order valence-corrected chi connectivity index (χ1v) is 11.1. The highest BCUT2D eigenvalue weighted by molar-refractivity contribution is 5.35. The SMILES string of the molecule is CC1(C)C2CC3CC4(C3C2)C(CC23CC5CC56CC(O)(C2)C6C3)C14. The zero-order valence-electron chi connectivity index (χ0n) is 15.4. The summed E-state index contributed by atoms with van der Waals surface area (Å²) in [5, 5.41) is 11.2. The van der Waals surface area contributed by atoms with Gasteiger partial charge in [0.05, 0.1) is 5.60 Å². The second-order valence-electron chi connectivity index (χ2n) is 13.0. The Morgan fingerprint density at radius 2 is 1.83 bits per heavy atom. The molecule has 0 aromatic carbocycles. The van der Waals surface area contributed by atoms with E-state index in [0.29, 0.717) is 16.2 Å². The Hall–Kier alpha value is -0.0400. The molecule has 0 aromatic heterocycles. The smallest absolute Gasteiger partial charge is 0.0692 e. The van der Waals surface area contributed by atoms with Gasteiger partial charge in [0.2, 0.25) is 0 Å². The number of aliphatic hydroxyl groups is 1. The lowest BCUT2D eigenvalue weighted by Crippen LogP contribution is -2.52. The predicted molar refractivity (Wildman–Crippen MR) is 92.0 cm³/mol. The van der Waals surface area contributed by atoms with Gasteiger partial charge in [-0.15, -0.1) is 0 Å². The normalized spacial score (nSPS) is 76.4. The predicted octanol–water partition coefficient (Wildman–Crippen LogP) is 4.64. The van der Waals surface area contributed by atoms with E-state index in [1.54, 1.807) is 19.3 Å². The van der Waals surface area contributed by atoms with Crippen molar-refractivity contribution in [1.29, 1.82) is 0 Å². The van der Waals surface area contributed by atoms with Crippen LogP contribution in [0, 0.1) is 63.1 Å². The fraction of sp³-hybridized carbons (Fsp3) is 1.00. The quantitative estimate of drug-likeness (QED) is 0.785. The summed E-state index contributed by atoms with van der Waals surface area (Å²) in [7, 11) is 0. The van der Waals surface area contributed by atoms with Crippen molar-refractivity contribution in [2.45, 2.75) is 77.2 Å². The van der Waals surface area contributed by atoms with E-state index in [4.69, 9.17) is 0 Å². The molecule has 8 aliphatic rings. The summed E-state index contributed by atoms with van der Waals surface area (Å²) in [5.74, 6) is 7.14. The molecule has 4 bridgehead atoms. The molecule has 0 heterocycles. The van der Waals surface area contributed by atoms with Crippen molar-refractivity contribution < 1.29 is 5.11 Å². The first kappa shape index (κ1) is 13.2. The number of fused-ring (bicyclic) bond motifs is 2. The molecule has 8 saturated carbocycles. The maximum absolute atomic E-state index is 11.2. The average molecular weight is 325 g/mol. The second kappa shape index (κ2) is 3.08. The lowest BCUT2D eigenvalue weighted by Gasteiger charge is -2.50. The highest BCUT2D eigenvalue weighted by Gasteiger charge is 2.86. The molecule has 11 unspecified atom stereocenters. The minimum absolute atomic E-state index is 0.209. The molecule has 24 heavy (non-hydrogen) atoms. The van der Waals surface area contributed by atoms with Crippen molar-refractivity contribution >= 4 is 0 Å². The molecule has 0 amide bonds. The fourth-order valence-electron chi connectivity index (χ4n) is 11.8. The summed E-state index contributed by atoms with van der Waals surface area (Å²) in [6.45, 7) is 5.27. The molecule has 1 heteroatoms. The molecule has 2 spiro atoms. The van der Waals surface area contributed by atoms with Crippen LogP contribution < -0.4 is 0 Å². The van der Waals surface area contributed by atoms with E-state index in [9.17, 15) is 5.11 Å². The van der Waals surface area contributed by atoms with Crippen LogP contribution in [-0.4, -0.2) is 10.7 Å². The molecule has 1 N–H and O–H groups in total. The van der Waals surface area contributed by atoms with Crippen molar-refractivity contribution in [2.24, 2.45) is 63.1 Å². The average Bonchev–Trinajstić information content (AvgIpc) is 3.30. The van der Waals surface area contributed by atoms with Gasteiger partial charge in [-0.25, -0.2) is 0 Å². The van der Waals surface area contributed by atoms with Crippen LogP contribution in [0.1, 0.15) is 71.6 Å². The topological polar surface area (TPSA) is 20.2 Å². The summed E-state index contributed by atoms with van der Waals surface area (Å²) in [5.41, 5.74) is 2.45. The maximum atomic E-state index is 11.2. The standard InChI is InChI=1S/C23H32O/c1-19(2)13-3-12-5-23(15(12)4-13)16(18(19)23)8-20-6-14-7-21(14)11-22(24,10-20)17(21)9-20/h12-18,24H,3-11H2,1-2H3. The van der Waals surface area contributed by atoms with Crippen molar-refractivity contribution in [2.75, 3.05) is 0 Å². The van der Waals surface area contributed by atoms with Gasteiger partial charge in [-0.2, -0.15) is 0 Å². The Morgan fingerprint density at radius 1 is 0.958 bits per heavy atom. The monoisotopic (exact) mass is 324 g/mol. The van der Waals surface area contributed by atoms with Crippen LogP contribution in [0.25, 0.3) is 0 Å². The Morgan fingerprint density at radius 3 is 2.71 bits per heavy atom. The molecule has 0 aromatic rings. The lowest BCUT2D eigenvalue weighted by atomic mass is 9.57. The third kappa shape index (κ3) is 1.03. The summed E-state index contributed by atoms with van der Waals surface area (Å²) in [4.78, 5) is 0. The van der Waals surface area contributed by atoms with Crippen LogP contribution in [-0.2, 0) is 0 Å². The Balaban J connectivity index is 1.16. The zero-order chi connectivity index (χ0) is 15.9. The third-order valence-electron chi connectivity index (χ3n) is 12.3. The largest absolute Gasteiger partial charge is 0.390 e. The van der Waals surface area contributed by atoms with E-state index < -0.39 is 0 Å². The minimum Gasteiger partial charge on any atom is -0.390 e. The van der Waals surface area contributed by atoms with Gasteiger partial charge in [0.25, 0.3) is 0 Å². The van der Waals surface area contributed by atoms with Gasteiger partial charge in [0.1, 0.15) is 0 Å². The first-order chi connectivity index (χ1) is 11.3. The summed E-state index contributed by atoms with van der Waals surface area (Å²) >= 11 is 0. The minimum atomic E-state index is -0.209. The molecule has 0 aliphatic heterocycles. The maximum Gasteiger partial charge on any atom is 0.0692 e. The van der Waals surface area contributed by atoms with E-state index >= 15 is 0 Å². The molecule has 1 nitrogen and oxygen atoms in total. The molecule has 8 fully saturated rings. The lowest BCUT2D eigenvalue weighted by molar-refractivity contribution is -0.135. The summed E-state index contributed by atoms with van der Waals surface area (Å²) < 4.78 is 0. The van der Waals surface area contributed by atoms with Gasteiger partial charge in [0.15, 0.2) is 0 Å². The number of hydrogen-bond acceptors (Lipinski definition) is 1. The molecular formula is C23H32O. The van der Waals surface area contributed by atoms with Crippen molar-refractivity contribution in [3.8, 4) is 0 Å². The number of hydrogen-bond donors (Lipinski definition) is 1. The van der Waals surface area contributed by atoms with E-state index in [0.717, 1.165) is 46.8 Å². The highest BCUT2D eigenvalue weighted by atomic mass is 16.3. The van der Waals surface area contributed by atoms with Crippen LogP contribution in [0.2, 0.25) is 0 Å². The van der Waals surface area contributed by atoms with Gasteiger partial charge in [-0.1, -0.05) is 13.8 Å². The highest BCUT2D eigenvalue weighted by Crippen LogP contribution is 2.91. The van der Waals surface area contributed by atoms with Gasteiger partial charge >= 0.3 is 0 Å². The fourth-order valence-corrected chi connectivity index (χ4v) is 11.8. The molecule has 130 valence electrons. The van der Waals surface area contributed by atoms with Crippen LogP contribution >= 0.6 is 0 Å². The van der Waals surface area contributed by atoms with Gasteiger partial charge < -0.3 is 5.11 Å². The molecular weight excluding hydrogens is 292 g/mol.